The summed E-state index contributed by atoms with van der Waals surface area (Å²) in [4.78, 5) is 4.69. The minimum Gasteiger partial charge on any atom is -0.379 e. The molecule has 1 aliphatic heterocycles. The topological polar surface area (TPSA) is 61.9 Å². The molecule has 1 fully saturated rings. The van der Waals surface area contributed by atoms with Crippen LogP contribution in [0.5, 0.6) is 0 Å². The summed E-state index contributed by atoms with van der Waals surface area (Å²) < 4.78 is 34.4. The molecule has 0 spiro atoms. The molecule has 0 unspecified atom stereocenters. The fourth-order valence-electron chi connectivity index (χ4n) is 3.60. The van der Waals surface area contributed by atoms with E-state index in [-0.39, 0.29) is 6.04 Å². The van der Waals surface area contributed by atoms with Crippen molar-refractivity contribution >= 4 is 15.7 Å². The van der Waals surface area contributed by atoms with E-state index in [1.54, 1.807) is 6.07 Å². The molecule has 158 valence electrons. The van der Waals surface area contributed by atoms with Crippen molar-refractivity contribution in [1.29, 1.82) is 0 Å². The molecule has 1 aliphatic rings. The lowest BCUT2D eigenvalue weighted by atomic mass is 10.0. The number of ether oxygens (including phenoxy) is 1. The zero-order valence-electron chi connectivity index (χ0n) is 17.7. The standard InChI is InChI=1S/C22H31N3O3S/c1-17-5-6-18(2)22(15-17)29(26,27)23-16-21(25-11-13-28-14-12-25)19-7-9-20(10-8-19)24(3)4/h5-10,15,21,23H,11-14,16H2,1-4H3/t21-/m1/s1. The molecule has 1 N–H and O–H groups in total. The van der Waals surface area contributed by atoms with Gasteiger partial charge in [0.1, 0.15) is 0 Å². The number of rotatable bonds is 7. The van der Waals surface area contributed by atoms with E-state index in [2.05, 4.69) is 38.8 Å². The summed E-state index contributed by atoms with van der Waals surface area (Å²) in [5.74, 6) is 0. The van der Waals surface area contributed by atoms with Gasteiger partial charge in [0.2, 0.25) is 10.0 Å². The summed E-state index contributed by atoms with van der Waals surface area (Å²) in [6.45, 7) is 6.94. The number of aryl methyl sites for hydroxylation is 2. The van der Waals surface area contributed by atoms with Gasteiger partial charge in [0, 0.05) is 45.5 Å². The van der Waals surface area contributed by atoms with Gasteiger partial charge in [0.05, 0.1) is 18.1 Å². The molecule has 1 heterocycles. The van der Waals surface area contributed by atoms with Crippen molar-refractivity contribution in [3.8, 4) is 0 Å². The molecule has 0 amide bonds. The Hall–Kier alpha value is -1.93. The largest absolute Gasteiger partial charge is 0.379 e. The van der Waals surface area contributed by atoms with Crippen LogP contribution in [0.1, 0.15) is 22.7 Å². The van der Waals surface area contributed by atoms with E-state index >= 15 is 0 Å². The zero-order chi connectivity index (χ0) is 21.0. The zero-order valence-corrected chi connectivity index (χ0v) is 18.5. The minimum atomic E-state index is -3.59. The fraction of sp³-hybridized carbons (Fsp3) is 0.455. The van der Waals surface area contributed by atoms with Crippen LogP contribution in [0.2, 0.25) is 0 Å². The molecule has 7 heteroatoms. The van der Waals surface area contributed by atoms with E-state index < -0.39 is 10.0 Å². The van der Waals surface area contributed by atoms with Crippen LogP contribution in [0.15, 0.2) is 47.4 Å². The first-order valence-electron chi connectivity index (χ1n) is 9.94. The lowest BCUT2D eigenvalue weighted by Gasteiger charge is -2.35. The highest BCUT2D eigenvalue weighted by Gasteiger charge is 2.26. The van der Waals surface area contributed by atoms with Gasteiger partial charge in [-0.3, -0.25) is 4.90 Å². The molecule has 1 atom stereocenters. The highest BCUT2D eigenvalue weighted by molar-refractivity contribution is 7.89. The molecule has 0 radical (unpaired) electrons. The highest BCUT2D eigenvalue weighted by Crippen LogP contribution is 2.25. The maximum absolute atomic E-state index is 13.0. The predicted octanol–water partition coefficient (Wildman–Crippen LogP) is 2.72. The Kier molecular flexibility index (Phi) is 6.95. The molecule has 29 heavy (non-hydrogen) atoms. The van der Waals surface area contributed by atoms with Crippen LogP contribution in [-0.2, 0) is 14.8 Å². The molecule has 6 nitrogen and oxygen atoms in total. The van der Waals surface area contributed by atoms with Crippen molar-refractivity contribution in [2.24, 2.45) is 0 Å². The third kappa shape index (κ3) is 5.36. The van der Waals surface area contributed by atoms with Crippen molar-refractivity contribution in [3.63, 3.8) is 0 Å². The lowest BCUT2D eigenvalue weighted by Crippen LogP contribution is -2.43. The smallest absolute Gasteiger partial charge is 0.240 e. The second-order valence-corrected chi connectivity index (χ2v) is 9.51. The number of nitrogens with one attached hydrogen (secondary N) is 1. The Morgan fingerprint density at radius 1 is 1.07 bits per heavy atom. The summed E-state index contributed by atoms with van der Waals surface area (Å²) in [7, 11) is 0.421. The van der Waals surface area contributed by atoms with Gasteiger partial charge in [-0.05, 0) is 48.7 Å². The van der Waals surface area contributed by atoms with E-state index in [0.29, 0.717) is 24.7 Å². The van der Waals surface area contributed by atoms with Gasteiger partial charge in [-0.25, -0.2) is 13.1 Å². The molecule has 0 aliphatic carbocycles. The van der Waals surface area contributed by atoms with E-state index in [4.69, 9.17) is 4.74 Å². The lowest BCUT2D eigenvalue weighted by molar-refractivity contribution is 0.0172. The van der Waals surface area contributed by atoms with Crippen LogP contribution < -0.4 is 9.62 Å². The van der Waals surface area contributed by atoms with Crippen LogP contribution in [0.3, 0.4) is 0 Å². The van der Waals surface area contributed by atoms with Gasteiger partial charge in [-0.1, -0.05) is 24.3 Å². The van der Waals surface area contributed by atoms with Crippen molar-refractivity contribution in [2.75, 3.05) is 51.8 Å². The molecular formula is C22H31N3O3S. The Bertz CT molecular complexity index is 921. The normalized spacial score (nSPS) is 16.6. The number of sulfonamides is 1. The van der Waals surface area contributed by atoms with Crippen molar-refractivity contribution in [2.45, 2.75) is 24.8 Å². The van der Waals surface area contributed by atoms with Crippen molar-refractivity contribution in [1.82, 2.24) is 9.62 Å². The van der Waals surface area contributed by atoms with Gasteiger partial charge in [0.25, 0.3) is 0 Å². The van der Waals surface area contributed by atoms with Crippen molar-refractivity contribution in [3.05, 3.63) is 59.2 Å². The molecule has 0 aromatic heterocycles. The highest BCUT2D eigenvalue weighted by atomic mass is 32.2. The Morgan fingerprint density at radius 3 is 2.34 bits per heavy atom. The molecule has 0 saturated carbocycles. The molecular weight excluding hydrogens is 386 g/mol. The number of hydrogen-bond acceptors (Lipinski definition) is 5. The van der Waals surface area contributed by atoms with Gasteiger partial charge >= 0.3 is 0 Å². The monoisotopic (exact) mass is 417 g/mol. The molecule has 2 aromatic rings. The number of anilines is 1. The van der Waals surface area contributed by atoms with Crippen LogP contribution in [0.25, 0.3) is 0 Å². The summed E-state index contributed by atoms with van der Waals surface area (Å²) in [5, 5.41) is 0. The van der Waals surface area contributed by atoms with Gasteiger partial charge in [-0.2, -0.15) is 0 Å². The van der Waals surface area contributed by atoms with Gasteiger partial charge in [0.15, 0.2) is 0 Å². The first kappa shape index (κ1) is 21.8. The van der Waals surface area contributed by atoms with E-state index in [9.17, 15) is 8.42 Å². The summed E-state index contributed by atoms with van der Waals surface area (Å²) in [5.41, 5.74) is 3.90. The Balaban J connectivity index is 1.84. The third-order valence-electron chi connectivity index (χ3n) is 5.38. The van der Waals surface area contributed by atoms with E-state index in [1.807, 2.05) is 40.1 Å². The summed E-state index contributed by atoms with van der Waals surface area (Å²) in [6, 6.07) is 13.8. The van der Waals surface area contributed by atoms with Crippen LogP contribution in [-0.4, -0.2) is 60.3 Å². The van der Waals surface area contributed by atoms with Crippen molar-refractivity contribution < 1.29 is 13.2 Å². The molecule has 1 saturated heterocycles. The molecule has 3 rings (SSSR count). The third-order valence-corrected chi connectivity index (χ3v) is 6.95. The summed E-state index contributed by atoms with van der Waals surface area (Å²) in [6.07, 6.45) is 0. The Labute approximate surface area is 174 Å². The number of benzene rings is 2. The summed E-state index contributed by atoms with van der Waals surface area (Å²) >= 11 is 0. The maximum atomic E-state index is 13.0. The first-order chi connectivity index (χ1) is 13.8. The fourth-order valence-corrected chi connectivity index (χ4v) is 4.97. The van der Waals surface area contributed by atoms with Crippen LogP contribution in [0.4, 0.5) is 5.69 Å². The first-order valence-corrected chi connectivity index (χ1v) is 11.4. The van der Waals surface area contributed by atoms with E-state index in [0.717, 1.165) is 35.5 Å². The van der Waals surface area contributed by atoms with Gasteiger partial charge < -0.3 is 9.64 Å². The second kappa shape index (κ2) is 9.26. The molecule has 0 bridgehead atoms. The van der Waals surface area contributed by atoms with Crippen LogP contribution >= 0.6 is 0 Å². The SMILES string of the molecule is Cc1ccc(C)c(S(=O)(=O)NC[C@H](c2ccc(N(C)C)cc2)N2CCOCC2)c1. The van der Waals surface area contributed by atoms with Gasteiger partial charge in [-0.15, -0.1) is 0 Å². The number of morpholine rings is 1. The minimum absolute atomic E-state index is 0.0463. The number of nitrogens with zero attached hydrogens (tertiary/aromatic N) is 2. The van der Waals surface area contributed by atoms with Crippen LogP contribution in [0, 0.1) is 13.8 Å². The Morgan fingerprint density at radius 2 is 1.72 bits per heavy atom. The predicted molar refractivity (Wildman–Crippen MR) is 117 cm³/mol. The molecule has 2 aromatic carbocycles. The average molecular weight is 418 g/mol. The van der Waals surface area contributed by atoms with E-state index in [1.165, 1.54) is 0 Å². The number of hydrogen-bond donors (Lipinski definition) is 1. The maximum Gasteiger partial charge on any atom is 0.240 e. The second-order valence-electron chi connectivity index (χ2n) is 7.77. The quantitative estimate of drug-likeness (QED) is 0.751. The average Bonchev–Trinajstić information content (AvgIpc) is 2.71.